The molecule has 6 amide bonds. The molecule has 430 valence electrons. The van der Waals surface area contributed by atoms with Gasteiger partial charge < -0.3 is 75.9 Å². The van der Waals surface area contributed by atoms with Crippen LogP contribution in [-0.4, -0.2) is 161 Å². The normalized spacial score (nSPS) is 25.3. The Morgan fingerprint density at radius 3 is 1.71 bits per heavy atom. The van der Waals surface area contributed by atoms with Gasteiger partial charge in [0.05, 0.1) is 48.3 Å². The van der Waals surface area contributed by atoms with E-state index in [1.807, 2.05) is 13.8 Å². The van der Waals surface area contributed by atoms with E-state index < -0.39 is 150 Å². The first kappa shape index (κ1) is 68.2. The monoisotopic (exact) mass is 1070 g/mol. The van der Waals surface area contributed by atoms with Crippen molar-refractivity contribution < 1.29 is 63.3 Å². The van der Waals surface area contributed by atoms with Crippen LogP contribution in [0.25, 0.3) is 0 Å². The molecule has 0 aromatic rings. The molecule has 0 saturated carbocycles. The second-order valence-corrected chi connectivity index (χ2v) is 20.7. The van der Waals surface area contributed by atoms with Gasteiger partial charge in [-0.25, -0.2) is 0 Å². The van der Waals surface area contributed by atoms with E-state index in [1.165, 1.54) is 20.8 Å². The van der Waals surface area contributed by atoms with Crippen LogP contribution in [0.15, 0.2) is 0 Å². The van der Waals surface area contributed by atoms with E-state index in [1.54, 1.807) is 13.8 Å². The number of nitrogens with two attached hydrogens (primary N) is 5. The molecule has 0 aliphatic carbocycles. The third kappa shape index (κ3) is 23.9. The van der Waals surface area contributed by atoms with Gasteiger partial charge in [-0.1, -0.05) is 40.5 Å². The maximum absolute atomic E-state index is 14.4. The highest BCUT2D eigenvalue weighted by Crippen LogP contribution is 2.23. The van der Waals surface area contributed by atoms with Gasteiger partial charge in [-0.15, -0.1) is 0 Å². The number of carbonyl (C=O) groups is 10. The van der Waals surface area contributed by atoms with Crippen LogP contribution in [0.2, 0.25) is 0 Å². The topological polar surface area (TPSA) is 434 Å². The fourth-order valence-electron chi connectivity index (χ4n) is 9.28. The summed E-state index contributed by atoms with van der Waals surface area (Å²) in [5.74, 6) is -12.7. The summed E-state index contributed by atoms with van der Waals surface area (Å²) in [4.78, 5) is 139. The zero-order valence-corrected chi connectivity index (χ0v) is 45.4. The zero-order chi connectivity index (χ0) is 57.1. The van der Waals surface area contributed by atoms with Crippen molar-refractivity contribution in [2.24, 2.45) is 64.2 Å². The van der Waals surface area contributed by atoms with Crippen LogP contribution in [0.3, 0.4) is 0 Å². The quantitative estimate of drug-likeness (QED) is 0.0421. The minimum Gasteiger partial charge on any atom is -0.393 e. The van der Waals surface area contributed by atoms with Crippen LogP contribution in [0.1, 0.15) is 138 Å². The number of hydrogen-bond donors (Lipinski definition) is 14. The molecule has 24 heteroatoms. The summed E-state index contributed by atoms with van der Waals surface area (Å²) in [6, 6.07) is -7.43. The summed E-state index contributed by atoms with van der Waals surface area (Å²) in [5.41, 5.74) is 29.8. The minimum atomic E-state index is -1.65. The second-order valence-electron chi connectivity index (χ2n) is 20.7. The summed E-state index contributed by atoms with van der Waals surface area (Å²) >= 11 is 0. The van der Waals surface area contributed by atoms with Crippen molar-refractivity contribution in [3.05, 3.63) is 0 Å². The van der Waals surface area contributed by atoms with Crippen molar-refractivity contribution >= 4 is 58.6 Å². The lowest BCUT2D eigenvalue weighted by Crippen LogP contribution is -2.59. The number of amides is 6. The molecule has 75 heavy (non-hydrogen) atoms. The SMILES string of the molecule is CCCC(CC)C(N)CC(=O)C[C@H](C(=O)N[C@@H](CCN)C(=O)C[C@H]1CCNC(=O)[C@H](C(C)O)CC(=O)[C@H](CCN)NC(=O)[C@H](CCN)NC(=O)[C@H](C(C)O)NC(=O)[C@@H](CC(C)C)CC(=O)[C@H](CCN)NC1=O)C(C)O. The maximum Gasteiger partial charge on any atom is 0.245 e. The summed E-state index contributed by atoms with van der Waals surface area (Å²) < 4.78 is 0. The van der Waals surface area contributed by atoms with Crippen molar-refractivity contribution in [3.8, 4) is 0 Å². The minimum absolute atomic E-state index is 0.0216. The Hall–Kier alpha value is -4.82. The van der Waals surface area contributed by atoms with Crippen molar-refractivity contribution in [2.75, 3.05) is 32.7 Å². The first-order chi connectivity index (χ1) is 35.3. The van der Waals surface area contributed by atoms with E-state index in [9.17, 15) is 63.3 Å². The van der Waals surface area contributed by atoms with Gasteiger partial charge in [-0.3, -0.25) is 47.9 Å². The number of hydrogen-bond acceptors (Lipinski definition) is 18. The Kier molecular flexibility index (Phi) is 32.3. The maximum atomic E-state index is 14.4. The fraction of sp³-hybridized carbons (Fsp3) is 0.804. The van der Waals surface area contributed by atoms with Crippen molar-refractivity contribution in [2.45, 2.75) is 193 Å². The van der Waals surface area contributed by atoms with Gasteiger partial charge in [-0.05, 0) is 104 Å². The van der Waals surface area contributed by atoms with E-state index in [0.29, 0.717) is 0 Å². The van der Waals surface area contributed by atoms with Gasteiger partial charge in [0.25, 0.3) is 0 Å². The first-order valence-electron chi connectivity index (χ1n) is 26.8. The fourth-order valence-corrected chi connectivity index (χ4v) is 9.28. The van der Waals surface area contributed by atoms with Crippen molar-refractivity contribution in [1.29, 1.82) is 0 Å². The number of nitrogens with one attached hydrogen (secondary N) is 6. The van der Waals surface area contributed by atoms with Crippen molar-refractivity contribution in [3.63, 3.8) is 0 Å². The van der Waals surface area contributed by atoms with Gasteiger partial charge in [0.1, 0.15) is 17.9 Å². The number of rotatable bonds is 26. The molecule has 1 saturated heterocycles. The Labute approximate surface area is 442 Å². The summed E-state index contributed by atoms with van der Waals surface area (Å²) in [7, 11) is 0. The van der Waals surface area contributed by atoms with E-state index in [4.69, 9.17) is 28.7 Å². The average Bonchev–Trinajstić information content (AvgIpc) is 3.33. The standard InChI is InChI=1S/C51H93N11O13/c1-8-10-31(9-2)37(56)25-34(66)24-35(28(5)63)49(73)59-39(12-17-53)42(67)22-32-15-20-57-48(72)36(29(6)64)26-44(69)40(13-18-54)60-50(74)41(14-19-55)61-51(75)45(30(7)65)62-47(71)33(21-27(3)4)23-43(68)38(11-16-52)58-46(32)70/h27-33,35-41,45,63-65H,8-26,52-56H2,1-7H3,(H,57,72)(H,58,70)(H,59,73)(H,60,74)(H,61,75)(H,62,71)/t28?,29?,30?,31?,32-,33+,35+,36+,37?,38+,39+,40+,41+,45+/m1/s1. The average molecular weight is 1070 g/mol. The van der Waals surface area contributed by atoms with Crippen molar-refractivity contribution in [1.82, 2.24) is 31.9 Å². The number of aliphatic hydroxyl groups excluding tert-OH is 3. The van der Waals surface area contributed by atoms with Gasteiger partial charge in [0, 0.05) is 56.5 Å². The predicted octanol–water partition coefficient (Wildman–Crippen LogP) is -2.64. The Balaban J connectivity index is 3.84. The Morgan fingerprint density at radius 1 is 0.653 bits per heavy atom. The molecule has 1 aliphatic heterocycles. The molecule has 0 radical (unpaired) electrons. The smallest absolute Gasteiger partial charge is 0.245 e. The van der Waals surface area contributed by atoms with Crippen LogP contribution in [0.5, 0.6) is 0 Å². The Morgan fingerprint density at radius 2 is 1.20 bits per heavy atom. The first-order valence-corrected chi connectivity index (χ1v) is 26.8. The van der Waals surface area contributed by atoms with Crippen LogP contribution in [0, 0.1) is 35.5 Å². The van der Waals surface area contributed by atoms with Crippen LogP contribution < -0.4 is 60.6 Å². The van der Waals surface area contributed by atoms with Crippen LogP contribution in [0.4, 0.5) is 0 Å². The lowest BCUT2D eigenvalue weighted by atomic mass is 9.86. The molecular formula is C51H93N11O13. The molecule has 0 spiro atoms. The number of aliphatic hydroxyl groups is 3. The highest BCUT2D eigenvalue weighted by Gasteiger charge is 2.38. The largest absolute Gasteiger partial charge is 0.393 e. The van der Waals surface area contributed by atoms with E-state index in [0.717, 1.165) is 19.3 Å². The van der Waals surface area contributed by atoms with Crippen LogP contribution in [-0.2, 0) is 47.9 Å². The number of ketones is 4. The molecular weight excluding hydrogens is 975 g/mol. The van der Waals surface area contributed by atoms with Crippen LogP contribution >= 0.6 is 0 Å². The van der Waals surface area contributed by atoms with E-state index in [2.05, 4.69) is 31.9 Å². The molecule has 5 unspecified atom stereocenters. The van der Waals surface area contributed by atoms with E-state index in [-0.39, 0.29) is 102 Å². The molecule has 1 rings (SSSR count). The van der Waals surface area contributed by atoms with Gasteiger partial charge >= 0.3 is 0 Å². The molecule has 0 aromatic carbocycles. The van der Waals surface area contributed by atoms with Gasteiger partial charge in [0.2, 0.25) is 35.4 Å². The molecule has 0 bridgehead atoms. The van der Waals surface area contributed by atoms with Gasteiger partial charge in [-0.2, -0.15) is 0 Å². The lowest BCUT2D eigenvalue weighted by molar-refractivity contribution is -0.138. The molecule has 1 aliphatic rings. The second kappa shape index (κ2) is 35.5. The molecule has 24 nitrogen and oxygen atoms in total. The number of Topliss-reactive ketones (excluding diaryl/α,β-unsaturated/α-hetero) is 4. The summed E-state index contributed by atoms with van der Waals surface area (Å²) in [5, 5.41) is 47.6. The summed E-state index contributed by atoms with van der Waals surface area (Å²) in [6.45, 7) is 10.6. The predicted molar refractivity (Wildman–Crippen MR) is 280 cm³/mol. The number of carbonyl (C=O) groups excluding carboxylic acids is 10. The molecule has 19 N–H and O–H groups in total. The molecule has 1 fully saturated rings. The summed E-state index contributed by atoms with van der Waals surface area (Å²) in [6.07, 6.45) is -4.55. The Bertz CT molecular complexity index is 1870. The lowest BCUT2D eigenvalue weighted by Gasteiger charge is -2.28. The third-order valence-electron chi connectivity index (χ3n) is 13.8. The molecule has 0 aromatic heterocycles. The highest BCUT2D eigenvalue weighted by molar-refractivity contribution is 5.98. The zero-order valence-electron chi connectivity index (χ0n) is 45.4. The third-order valence-corrected chi connectivity index (χ3v) is 13.8. The highest BCUT2D eigenvalue weighted by atomic mass is 16.3. The van der Waals surface area contributed by atoms with Gasteiger partial charge in [0.15, 0.2) is 17.3 Å². The molecule has 1 heterocycles. The molecule has 14 atom stereocenters. The van der Waals surface area contributed by atoms with E-state index >= 15 is 0 Å².